The Labute approximate surface area is 120 Å². The number of hydrogen-bond acceptors (Lipinski definition) is 4. The molecule has 1 saturated heterocycles. The number of aliphatic hydroxyl groups is 1. The van der Waals surface area contributed by atoms with Crippen LogP contribution in [-0.2, 0) is 22.4 Å². The molecule has 0 bridgehead atoms. The zero-order chi connectivity index (χ0) is 14.8. The summed E-state index contributed by atoms with van der Waals surface area (Å²) in [5.74, 6) is 0.0230. The van der Waals surface area contributed by atoms with E-state index in [1.54, 1.807) is 28.6 Å². The summed E-state index contributed by atoms with van der Waals surface area (Å²) in [4.78, 5) is 2.17. The Morgan fingerprint density at radius 3 is 2.35 bits per heavy atom. The fourth-order valence-corrected chi connectivity index (χ4v) is 3.91. The van der Waals surface area contributed by atoms with E-state index in [1.165, 1.54) is 0 Å². The molecule has 1 aromatic carbocycles. The average Bonchev–Trinajstić information content (AvgIpc) is 2.42. The Balaban J connectivity index is 2.06. The molecule has 1 aliphatic rings. The summed E-state index contributed by atoms with van der Waals surface area (Å²) in [7, 11) is -1.25. The molecule has 2 rings (SSSR count). The minimum atomic E-state index is -3.27. The minimum absolute atomic E-state index is 0.0230. The zero-order valence-electron chi connectivity index (χ0n) is 12.0. The van der Waals surface area contributed by atoms with Crippen LogP contribution >= 0.6 is 0 Å². The van der Waals surface area contributed by atoms with Gasteiger partial charge in [-0.25, -0.2) is 8.42 Å². The summed E-state index contributed by atoms with van der Waals surface area (Å²) >= 11 is 0. The number of sulfonamides is 1. The standard InChI is InChI=1S/C14H22N2O3S/c1-12-9-16(8-7-15(12)2)20(18,19)11-14-5-3-13(10-17)4-6-14/h3-6,12,17H,7-11H2,1-2H3. The van der Waals surface area contributed by atoms with Crippen LogP contribution in [-0.4, -0.2) is 55.5 Å². The van der Waals surface area contributed by atoms with E-state index < -0.39 is 10.0 Å². The first-order valence-corrected chi connectivity index (χ1v) is 8.40. The van der Waals surface area contributed by atoms with Gasteiger partial charge in [-0.3, -0.25) is 0 Å². The summed E-state index contributed by atoms with van der Waals surface area (Å²) in [6.07, 6.45) is 0. The summed E-state index contributed by atoms with van der Waals surface area (Å²) < 4.78 is 26.4. The maximum atomic E-state index is 12.4. The Bertz CT molecular complexity index is 542. The fraction of sp³-hybridized carbons (Fsp3) is 0.571. The van der Waals surface area contributed by atoms with Crippen LogP contribution in [0.25, 0.3) is 0 Å². The number of likely N-dealkylation sites (N-methyl/N-ethyl adjacent to an activating group) is 1. The highest BCUT2D eigenvalue weighted by atomic mass is 32.2. The zero-order valence-corrected chi connectivity index (χ0v) is 12.8. The van der Waals surface area contributed by atoms with E-state index in [0.717, 1.165) is 17.7 Å². The number of aliphatic hydroxyl groups excluding tert-OH is 1. The summed E-state index contributed by atoms with van der Waals surface area (Å²) in [5, 5.41) is 8.99. The Morgan fingerprint density at radius 1 is 1.20 bits per heavy atom. The van der Waals surface area contributed by atoms with Crippen molar-refractivity contribution in [2.24, 2.45) is 0 Å². The SMILES string of the molecule is CC1CN(S(=O)(=O)Cc2ccc(CO)cc2)CCN1C. The smallest absolute Gasteiger partial charge is 0.218 e. The molecule has 5 nitrogen and oxygen atoms in total. The highest BCUT2D eigenvalue weighted by Crippen LogP contribution is 2.16. The van der Waals surface area contributed by atoms with Gasteiger partial charge in [0.2, 0.25) is 10.0 Å². The molecule has 0 amide bonds. The van der Waals surface area contributed by atoms with Crippen LogP contribution in [0, 0.1) is 0 Å². The third-order valence-corrected chi connectivity index (χ3v) is 5.69. The second kappa shape index (κ2) is 6.22. The maximum absolute atomic E-state index is 12.4. The van der Waals surface area contributed by atoms with Crippen molar-refractivity contribution in [2.45, 2.75) is 25.3 Å². The van der Waals surface area contributed by atoms with Gasteiger partial charge in [0, 0.05) is 25.7 Å². The Kier molecular flexibility index (Phi) is 4.80. The molecular weight excluding hydrogens is 276 g/mol. The second-order valence-corrected chi connectivity index (χ2v) is 7.39. The van der Waals surface area contributed by atoms with Gasteiger partial charge < -0.3 is 10.0 Å². The van der Waals surface area contributed by atoms with Gasteiger partial charge in [-0.2, -0.15) is 4.31 Å². The number of benzene rings is 1. The molecule has 6 heteroatoms. The van der Waals surface area contributed by atoms with E-state index in [2.05, 4.69) is 4.90 Å². The summed E-state index contributed by atoms with van der Waals surface area (Å²) in [6, 6.07) is 7.30. The van der Waals surface area contributed by atoms with Crippen molar-refractivity contribution in [3.05, 3.63) is 35.4 Å². The van der Waals surface area contributed by atoms with Gasteiger partial charge in [0.1, 0.15) is 0 Å². The van der Waals surface area contributed by atoms with Gasteiger partial charge in [-0.1, -0.05) is 24.3 Å². The van der Waals surface area contributed by atoms with E-state index >= 15 is 0 Å². The first-order chi connectivity index (χ1) is 9.42. The van der Waals surface area contributed by atoms with Crippen molar-refractivity contribution in [3.8, 4) is 0 Å². The molecule has 0 aromatic heterocycles. The molecule has 1 heterocycles. The molecule has 1 unspecified atom stereocenters. The third kappa shape index (κ3) is 3.58. The van der Waals surface area contributed by atoms with Crippen LogP contribution in [0.15, 0.2) is 24.3 Å². The number of rotatable bonds is 4. The van der Waals surface area contributed by atoms with Gasteiger partial charge in [0.15, 0.2) is 0 Å². The van der Waals surface area contributed by atoms with Gasteiger partial charge >= 0.3 is 0 Å². The molecule has 1 aromatic rings. The van der Waals surface area contributed by atoms with E-state index in [-0.39, 0.29) is 18.4 Å². The molecule has 0 radical (unpaired) electrons. The van der Waals surface area contributed by atoms with Gasteiger partial charge in [0.25, 0.3) is 0 Å². The summed E-state index contributed by atoms with van der Waals surface area (Å²) in [6.45, 7) is 3.88. The summed E-state index contributed by atoms with van der Waals surface area (Å²) in [5.41, 5.74) is 1.55. The van der Waals surface area contributed by atoms with Crippen molar-refractivity contribution < 1.29 is 13.5 Å². The molecule has 1 N–H and O–H groups in total. The van der Waals surface area contributed by atoms with Crippen molar-refractivity contribution in [2.75, 3.05) is 26.7 Å². The lowest BCUT2D eigenvalue weighted by atomic mass is 10.2. The van der Waals surface area contributed by atoms with E-state index in [9.17, 15) is 8.42 Å². The van der Waals surface area contributed by atoms with Crippen molar-refractivity contribution >= 4 is 10.0 Å². The largest absolute Gasteiger partial charge is 0.392 e. The predicted molar refractivity (Wildman–Crippen MR) is 78.7 cm³/mol. The van der Waals surface area contributed by atoms with Gasteiger partial charge in [-0.15, -0.1) is 0 Å². The molecule has 1 aliphatic heterocycles. The Morgan fingerprint density at radius 2 is 1.80 bits per heavy atom. The lowest BCUT2D eigenvalue weighted by Gasteiger charge is -2.36. The lowest BCUT2D eigenvalue weighted by molar-refractivity contribution is 0.159. The second-order valence-electron chi connectivity index (χ2n) is 5.42. The number of hydrogen-bond donors (Lipinski definition) is 1. The van der Waals surface area contributed by atoms with E-state index in [1.807, 2.05) is 14.0 Å². The normalized spacial score (nSPS) is 22.1. The minimum Gasteiger partial charge on any atom is -0.392 e. The average molecular weight is 298 g/mol. The van der Waals surface area contributed by atoms with Crippen LogP contribution in [0.1, 0.15) is 18.1 Å². The predicted octanol–water partition coefficient (Wildman–Crippen LogP) is 0.645. The van der Waals surface area contributed by atoms with E-state index in [4.69, 9.17) is 5.11 Å². The van der Waals surface area contributed by atoms with Crippen molar-refractivity contribution in [1.82, 2.24) is 9.21 Å². The lowest BCUT2D eigenvalue weighted by Crippen LogP contribution is -2.52. The molecule has 0 spiro atoms. The van der Waals surface area contributed by atoms with Gasteiger partial charge in [-0.05, 0) is 25.1 Å². The fourth-order valence-electron chi connectivity index (χ4n) is 2.31. The quantitative estimate of drug-likeness (QED) is 0.886. The van der Waals surface area contributed by atoms with Crippen LogP contribution in [0.3, 0.4) is 0 Å². The van der Waals surface area contributed by atoms with Crippen LogP contribution in [0.5, 0.6) is 0 Å². The molecule has 20 heavy (non-hydrogen) atoms. The highest BCUT2D eigenvalue weighted by Gasteiger charge is 2.29. The molecule has 0 aliphatic carbocycles. The van der Waals surface area contributed by atoms with Gasteiger partial charge in [0.05, 0.1) is 12.4 Å². The van der Waals surface area contributed by atoms with Crippen molar-refractivity contribution in [1.29, 1.82) is 0 Å². The number of nitrogens with zero attached hydrogens (tertiary/aromatic N) is 2. The topological polar surface area (TPSA) is 60.9 Å². The first kappa shape index (κ1) is 15.4. The first-order valence-electron chi connectivity index (χ1n) is 6.79. The van der Waals surface area contributed by atoms with Crippen LogP contribution in [0.2, 0.25) is 0 Å². The highest BCUT2D eigenvalue weighted by molar-refractivity contribution is 7.88. The van der Waals surface area contributed by atoms with Crippen molar-refractivity contribution in [3.63, 3.8) is 0 Å². The third-order valence-electron chi connectivity index (χ3n) is 3.87. The van der Waals surface area contributed by atoms with Crippen LogP contribution < -0.4 is 0 Å². The molecule has 1 fully saturated rings. The Hall–Kier alpha value is -0.950. The van der Waals surface area contributed by atoms with E-state index in [0.29, 0.717) is 13.1 Å². The molecular formula is C14H22N2O3S. The number of piperazine rings is 1. The molecule has 1 atom stereocenters. The monoisotopic (exact) mass is 298 g/mol. The molecule has 112 valence electrons. The molecule has 0 saturated carbocycles. The maximum Gasteiger partial charge on any atom is 0.218 e. The van der Waals surface area contributed by atoms with Crippen LogP contribution in [0.4, 0.5) is 0 Å².